The van der Waals surface area contributed by atoms with E-state index in [4.69, 9.17) is 4.74 Å². The van der Waals surface area contributed by atoms with Crippen LogP contribution in [-0.4, -0.2) is 0 Å². The third-order valence-corrected chi connectivity index (χ3v) is 11.2. The fourth-order valence-electron chi connectivity index (χ4n) is 8.43. The smallest absolute Gasteiger partial charge is 0.130 e. The first-order chi connectivity index (χ1) is 23.8. The van der Waals surface area contributed by atoms with Crippen molar-refractivity contribution in [1.29, 1.82) is 0 Å². The zero-order valence-corrected chi connectivity index (χ0v) is 29.1. The van der Waals surface area contributed by atoms with Gasteiger partial charge in [0.05, 0.1) is 0 Å². The molecule has 0 bridgehead atoms. The minimum Gasteiger partial charge on any atom is -0.457 e. The number of hydrogen-bond donors (Lipinski definition) is 0. The first-order valence-electron chi connectivity index (χ1n) is 18.6. The van der Waals surface area contributed by atoms with E-state index in [9.17, 15) is 17.6 Å². The number of benzene rings is 4. The Labute approximate surface area is 290 Å². The van der Waals surface area contributed by atoms with Crippen molar-refractivity contribution in [3.8, 4) is 11.5 Å². The van der Waals surface area contributed by atoms with Crippen molar-refractivity contribution in [2.45, 2.75) is 116 Å². The van der Waals surface area contributed by atoms with Crippen LogP contribution in [0.15, 0.2) is 72.8 Å². The van der Waals surface area contributed by atoms with Crippen LogP contribution in [0, 0.1) is 35.1 Å². The van der Waals surface area contributed by atoms with E-state index in [1.807, 2.05) is 12.1 Å². The fourth-order valence-corrected chi connectivity index (χ4v) is 8.43. The van der Waals surface area contributed by atoms with Crippen LogP contribution in [0.3, 0.4) is 0 Å². The van der Waals surface area contributed by atoms with Crippen LogP contribution in [0.2, 0.25) is 0 Å². The van der Waals surface area contributed by atoms with Crippen molar-refractivity contribution in [2.24, 2.45) is 11.8 Å². The summed E-state index contributed by atoms with van der Waals surface area (Å²) in [7, 11) is 0. The molecule has 2 aliphatic carbocycles. The van der Waals surface area contributed by atoms with E-state index in [0.717, 1.165) is 60.8 Å². The monoisotopic (exact) mass is 670 g/mol. The average Bonchev–Trinajstić information content (AvgIpc) is 3.09. The molecule has 2 saturated carbocycles. The fraction of sp³-hybridized carbons (Fsp3) is 0.455. The summed E-state index contributed by atoms with van der Waals surface area (Å²) in [5.41, 5.74) is 4.91. The summed E-state index contributed by atoms with van der Waals surface area (Å²) in [5.74, 6) is 1.26. The lowest BCUT2D eigenvalue weighted by Gasteiger charge is -2.29. The highest BCUT2D eigenvalue weighted by atomic mass is 19.1. The van der Waals surface area contributed by atoms with Gasteiger partial charge in [-0.2, -0.15) is 0 Å². The van der Waals surface area contributed by atoms with Crippen LogP contribution in [0.25, 0.3) is 0 Å². The molecule has 0 saturated heterocycles. The Hall–Kier alpha value is -3.60. The van der Waals surface area contributed by atoms with Gasteiger partial charge in [0.25, 0.3) is 0 Å². The second kappa shape index (κ2) is 16.4. The molecule has 1 nitrogen and oxygen atoms in total. The van der Waals surface area contributed by atoms with E-state index in [2.05, 4.69) is 38.1 Å². The topological polar surface area (TPSA) is 9.23 Å². The predicted molar refractivity (Wildman–Crippen MR) is 190 cm³/mol. The summed E-state index contributed by atoms with van der Waals surface area (Å²) in [5, 5.41) is 0. The zero-order valence-electron chi connectivity index (χ0n) is 29.1. The SMILES string of the molecule is CCCC1CCC(c2ccc(Oc3ccc(C4CCC(CCC)CC4)cc3Cc3ccc(F)cc3F)c(Cc3ccc(F)cc3F)c2)CC1. The normalized spacial score (nSPS) is 21.1. The van der Waals surface area contributed by atoms with E-state index >= 15 is 0 Å². The molecule has 49 heavy (non-hydrogen) atoms. The van der Waals surface area contributed by atoms with Gasteiger partial charge in [-0.15, -0.1) is 0 Å². The van der Waals surface area contributed by atoms with E-state index in [1.54, 1.807) is 0 Å². The van der Waals surface area contributed by atoms with Crippen molar-refractivity contribution >= 4 is 0 Å². The van der Waals surface area contributed by atoms with Crippen LogP contribution in [-0.2, 0) is 12.8 Å². The zero-order chi connectivity index (χ0) is 34.3. The molecule has 0 radical (unpaired) electrons. The van der Waals surface area contributed by atoms with E-state index < -0.39 is 23.3 Å². The Morgan fingerprint density at radius 1 is 0.490 bits per heavy atom. The molecule has 0 N–H and O–H groups in total. The van der Waals surface area contributed by atoms with Gasteiger partial charge in [0, 0.05) is 25.0 Å². The molecule has 2 fully saturated rings. The van der Waals surface area contributed by atoms with Gasteiger partial charge in [0.2, 0.25) is 0 Å². The minimum absolute atomic E-state index is 0.251. The third-order valence-electron chi connectivity index (χ3n) is 11.2. The van der Waals surface area contributed by atoms with Crippen molar-refractivity contribution < 1.29 is 22.3 Å². The first-order valence-corrected chi connectivity index (χ1v) is 18.6. The second-order valence-corrected chi connectivity index (χ2v) is 14.7. The van der Waals surface area contributed by atoms with Crippen molar-refractivity contribution in [3.05, 3.63) is 129 Å². The largest absolute Gasteiger partial charge is 0.457 e. The van der Waals surface area contributed by atoms with Crippen molar-refractivity contribution in [2.75, 3.05) is 0 Å². The lowest BCUT2D eigenvalue weighted by molar-refractivity contribution is 0.308. The van der Waals surface area contributed by atoms with Gasteiger partial charge in [0.15, 0.2) is 0 Å². The van der Waals surface area contributed by atoms with Crippen LogP contribution in [0.1, 0.15) is 136 Å². The summed E-state index contributed by atoms with van der Waals surface area (Å²) in [6.07, 6.45) is 14.9. The van der Waals surface area contributed by atoms with Gasteiger partial charge in [-0.1, -0.05) is 75.9 Å². The van der Waals surface area contributed by atoms with Crippen LogP contribution in [0.4, 0.5) is 17.6 Å². The van der Waals surface area contributed by atoms with Crippen molar-refractivity contribution in [1.82, 2.24) is 0 Å². The van der Waals surface area contributed by atoms with E-state index in [1.165, 1.54) is 86.8 Å². The van der Waals surface area contributed by atoms with Gasteiger partial charge < -0.3 is 4.74 Å². The first kappa shape index (κ1) is 35.2. The predicted octanol–water partition coefficient (Wildman–Crippen LogP) is 13.4. The molecule has 4 aromatic rings. The molecule has 2 aliphatic rings. The van der Waals surface area contributed by atoms with Gasteiger partial charge in [0.1, 0.15) is 34.8 Å². The lowest BCUT2D eigenvalue weighted by Crippen LogP contribution is -2.14. The number of halogens is 4. The van der Waals surface area contributed by atoms with Crippen LogP contribution in [0.5, 0.6) is 11.5 Å². The summed E-state index contributed by atoms with van der Waals surface area (Å²) in [6.45, 7) is 4.50. The molecule has 5 heteroatoms. The molecular weight excluding hydrogens is 620 g/mol. The summed E-state index contributed by atoms with van der Waals surface area (Å²) >= 11 is 0. The Bertz CT molecular complexity index is 1570. The highest BCUT2D eigenvalue weighted by Crippen LogP contribution is 2.42. The molecule has 0 amide bonds. The molecule has 0 aromatic heterocycles. The van der Waals surface area contributed by atoms with Crippen LogP contribution >= 0.6 is 0 Å². The highest BCUT2D eigenvalue weighted by molar-refractivity contribution is 5.48. The molecule has 0 heterocycles. The maximum absolute atomic E-state index is 15.0. The Kier molecular flexibility index (Phi) is 11.8. The van der Waals surface area contributed by atoms with Gasteiger partial charge >= 0.3 is 0 Å². The Balaban J connectivity index is 1.33. The van der Waals surface area contributed by atoms with Crippen LogP contribution < -0.4 is 4.74 Å². The third kappa shape index (κ3) is 8.96. The maximum Gasteiger partial charge on any atom is 0.130 e. The molecule has 6 rings (SSSR count). The molecule has 0 unspecified atom stereocenters. The Morgan fingerprint density at radius 3 is 1.27 bits per heavy atom. The summed E-state index contributed by atoms with van der Waals surface area (Å²) < 4.78 is 64.3. The quantitative estimate of drug-likeness (QED) is 0.136. The molecular formula is C44H50F4O. The molecule has 0 aliphatic heterocycles. The molecule has 260 valence electrons. The number of hydrogen-bond acceptors (Lipinski definition) is 1. The second-order valence-electron chi connectivity index (χ2n) is 14.7. The lowest BCUT2D eigenvalue weighted by atomic mass is 9.77. The Morgan fingerprint density at radius 2 is 0.898 bits per heavy atom. The standard InChI is InChI=1S/C44H50F4O/c1-3-5-29-7-11-31(12-8-29)33-17-21-43(37(23-33)25-35-15-19-39(45)27-41(35)47)49-44-22-18-34(32-13-9-30(6-4-2)10-14-32)24-38(44)26-36-16-20-40(46)28-42(36)48/h15-24,27-32H,3-14,25-26H2,1-2H3. The molecule has 0 atom stereocenters. The summed E-state index contributed by atoms with van der Waals surface area (Å²) in [4.78, 5) is 0. The van der Waals surface area contributed by atoms with Crippen molar-refractivity contribution in [3.63, 3.8) is 0 Å². The molecule has 0 spiro atoms. The van der Waals surface area contributed by atoms with Gasteiger partial charge in [-0.25, -0.2) is 17.6 Å². The van der Waals surface area contributed by atoms with E-state index in [0.29, 0.717) is 34.5 Å². The van der Waals surface area contributed by atoms with E-state index in [-0.39, 0.29) is 12.8 Å². The van der Waals surface area contributed by atoms with Gasteiger partial charge in [-0.3, -0.25) is 0 Å². The number of ether oxygens (including phenoxy) is 1. The number of rotatable bonds is 12. The average molecular weight is 671 g/mol. The maximum atomic E-state index is 15.0. The summed E-state index contributed by atoms with van der Waals surface area (Å²) in [6, 6.07) is 20.0. The highest BCUT2D eigenvalue weighted by Gasteiger charge is 2.25. The van der Waals surface area contributed by atoms with Gasteiger partial charge in [-0.05, 0) is 133 Å². The minimum atomic E-state index is -0.605. The molecule has 4 aromatic carbocycles.